The zero-order valence-electron chi connectivity index (χ0n) is 19.2. The van der Waals surface area contributed by atoms with Crippen LogP contribution in [-0.2, 0) is 4.43 Å². The van der Waals surface area contributed by atoms with Crippen molar-refractivity contribution >= 4 is 27.0 Å². The van der Waals surface area contributed by atoms with E-state index >= 15 is 0 Å². The Balaban J connectivity index is 5.32. The zero-order chi connectivity index (χ0) is 19.6. The van der Waals surface area contributed by atoms with Crippen molar-refractivity contribution in [3.63, 3.8) is 0 Å². The maximum absolute atomic E-state index is 5.73. The minimum atomic E-state index is -1.51. The standard InChI is InChI=1S/C19H47NOSi3/c1-17(2,3)23(9,10)20(24(11,12)18(4,5)6)16-14-13-15-19(7,8)21-22/h13-16H2,1-12,22H3. The highest BCUT2D eigenvalue weighted by molar-refractivity contribution is 6.93. The molecular weight excluding hydrogens is 342 g/mol. The molecule has 0 saturated carbocycles. The molecule has 0 fully saturated rings. The fourth-order valence-corrected chi connectivity index (χ4v) is 13.9. The van der Waals surface area contributed by atoms with E-state index in [4.69, 9.17) is 4.43 Å². The lowest BCUT2D eigenvalue weighted by molar-refractivity contribution is 0.109. The number of hydrogen-bond donors (Lipinski definition) is 0. The summed E-state index contributed by atoms with van der Waals surface area (Å²) in [6, 6.07) is 0. The summed E-state index contributed by atoms with van der Waals surface area (Å²) in [5.41, 5.74) is 0.0744. The molecule has 0 aliphatic rings. The van der Waals surface area contributed by atoms with E-state index in [0.717, 1.165) is 10.5 Å². The first-order valence-corrected chi connectivity index (χ1v) is 16.4. The summed E-state index contributed by atoms with van der Waals surface area (Å²) in [5.74, 6) is 0. The van der Waals surface area contributed by atoms with Crippen LogP contribution in [0.2, 0.25) is 36.3 Å². The second-order valence-electron chi connectivity index (χ2n) is 11.2. The molecule has 0 bridgehead atoms. The number of nitrogens with zero attached hydrogens (tertiary/aromatic N) is 1. The van der Waals surface area contributed by atoms with Crippen LogP contribution in [0.1, 0.15) is 74.7 Å². The van der Waals surface area contributed by atoms with Crippen molar-refractivity contribution in [2.75, 3.05) is 6.54 Å². The van der Waals surface area contributed by atoms with Crippen molar-refractivity contribution in [2.24, 2.45) is 0 Å². The van der Waals surface area contributed by atoms with Gasteiger partial charge in [-0.15, -0.1) is 0 Å². The first-order chi connectivity index (χ1) is 10.4. The summed E-state index contributed by atoms with van der Waals surface area (Å²) >= 11 is 0. The van der Waals surface area contributed by atoms with E-state index < -0.39 is 16.5 Å². The van der Waals surface area contributed by atoms with Gasteiger partial charge in [0.25, 0.3) is 0 Å². The van der Waals surface area contributed by atoms with E-state index in [0.29, 0.717) is 10.1 Å². The average Bonchev–Trinajstić information content (AvgIpc) is 2.35. The van der Waals surface area contributed by atoms with E-state index in [-0.39, 0.29) is 5.60 Å². The molecule has 0 spiro atoms. The molecule has 5 heteroatoms. The summed E-state index contributed by atoms with van der Waals surface area (Å²) in [5, 5.41) is 0.805. The Labute approximate surface area is 158 Å². The molecule has 146 valence electrons. The Kier molecular flexibility index (Phi) is 8.26. The van der Waals surface area contributed by atoms with Gasteiger partial charge in [-0.05, 0) is 49.7 Å². The highest BCUT2D eigenvalue weighted by atomic mass is 28.4. The molecule has 0 heterocycles. The highest BCUT2D eigenvalue weighted by Crippen LogP contribution is 2.46. The summed E-state index contributed by atoms with van der Waals surface area (Å²) in [7, 11) is -2.19. The lowest BCUT2D eigenvalue weighted by Gasteiger charge is -2.57. The van der Waals surface area contributed by atoms with Gasteiger partial charge in [0.15, 0.2) is 0 Å². The maximum Gasteiger partial charge on any atom is 0.146 e. The molecule has 0 aromatic heterocycles. The van der Waals surface area contributed by atoms with Gasteiger partial charge >= 0.3 is 0 Å². The van der Waals surface area contributed by atoms with E-state index in [9.17, 15) is 0 Å². The number of unbranched alkanes of at least 4 members (excludes halogenated alkanes) is 1. The summed E-state index contributed by atoms with van der Waals surface area (Å²) < 4.78 is 8.78. The van der Waals surface area contributed by atoms with Crippen LogP contribution in [0.4, 0.5) is 0 Å². The van der Waals surface area contributed by atoms with Gasteiger partial charge < -0.3 is 8.66 Å². The zero-order valence-corrected chi connectivity index (χ0v) is 23.2. The fraction of sp³-hybridized carbons (Fsp3) is 1.00. The molecule has 0 rings (SSSR count). The first kappa shape index (κ1) is 24.6. The summed E-state index contributed by atoms with van der Waals surface area (Å²) in [4.78, 5) is 0. The SMILES string of the molecule is CC(C)(CCCCN([Si](C)(C)C(C)(C)C)[Si](C)(C)C(C)(C)C)O[SiH3]. The number of hydrogen-bond acceptors (Lipinski definition) is 2. The van der Waals surface area contributed by atoms with Gasteiger partial charge in [-0.1, -0.05) is 67.7 Å². The van der Waals surface area contributed by atoms with Gasteiger partial charge in [0, 0.05) is 5.60 Å². The Morgan fingerprint density at radius 1 is 0.750 bits per heavy atom. The van der Waals surface area contributed by atoms with Crippen molar-refractivity contribution in [1.82, 2.24) is 4.23 Å². The number of rotatable bonds is 8. The van der Waals surface area contributed by atoms with Crippen molar-refractivity contribution in [3.8, 4) is 0 Å². The van der Waals surface area contributed by atoms with Crippen LogP contribution in [-0.4, -0.2) is 43.3 Å². The minimum Gasteiger partial charge on any atom is -0.423 e. The predicted octanol–water partition coefficient (Wildman–Crippen LogP) is 5.54. The van der Waals surface area contributed by atoms with E-state index in [1.165, 1.54) is 25.8 Å². The quantitative estimate of drug-likeness (QED) is 0.399. The minimum absolute atomic E-state index is 0.0744. The van der Waals surface area contributed by atoms with Gasteiger partial charge in [-0.3, -0.25) is 0 Å². The Morgan fingerprint density at radius 2 is 1.12 bits per heavy atom. The molecule has 24 heavy (non-hydrogen) atoms. The van der Waals surface area contributed by atoms with Crippen LogP contribution >= 0.6 is 0 Å². The molecule has 0 radical (unpaired) electrons. The third kappa shape index (κ3) is 6.08. The van der Waals surface area contributed by atoms with Crippen molar-refractivity contribution in [2.45, 2.75) is 117 Å². The monoisotopic (exact) mass is 389 g/mol. The maximum atomic E-state index is 5.73. The normalized spacial score (nSPS) is 15.4. The molecule has 2 nitrogen and oxygen atoms in total. The third-order valence-electron chi connectivity index (χ3n) is 6.98. The van der Waals surface area contributed by atoms with Gasteiger partial charge in [0.1, 0.15) is 27.0 Å². The lowest BCUT2D eigenvalue weighted by atomic mass is 10.0. The van der Waals surface area contributed by atoms with Gasteiger partial charge in [-0.25, -0.2) is 0 Å². The largest absolute Gasteiger partial charge is 0.423 e. The highest BCUT2D eigenvalue weighted by Gasteiger charge is 2.51. The lowest BCUT2D eigenvalue weighted by Crippen LogP contribution is -2.68. The molecule has 0 saturated heterocycles. The fourth-order valence-electron chi connectivity index (χ4n) is 2.99. The first-order valence-electron chi connectivity index (χ1n) is 9.73. The average molecular weight is 390 g/mol. The van der Waals surface area contributed by atoms with Crippen LogP contribution in [0.3, 0.4) is 0 Å². The Hall–Kier alpha value is 0.571. The van der Waals surface area contributed by atoms with Gasteiger partial charge in [-0.2, -0.15) is 0 Å². The van der Waals surface area contributed by atoms with Crippen LogP contribution in [0.25, 0.3) is 0 Å². The molecule has 0 aliphatic heterocycles. The van der Waals surface area contributed by atoms with Gasteiger partial charge in [0.05, 0.1) is 0 Å². The van der Waals surface area contributed by atoms with Crippen LogP contribution in [0.15, 0.2) is 0 Å². The molecule has 0 amide bonds. The molecule has 0 unspecified atom stereocenters. The molecule has 0 aromatic rings. The van der Waals surface area contributed by atoms with Gasteiger partial charge in [0.2, 0.25) is 0 Å². The second-order valence-corrected chi connectivity index (χ2v) is 22.4. The van der Waals surface area contributed by atoms with E-state index in [1.807, 2.05) is 0 Å². The van der Waals surface area contributed by atoms with E-state index in [2.05, 4.69) is 85.8 Å². The van der Waals surface area contributed by atoms with Crippen molar-refractivity contribution in [3.05, 3.63) is 0 Å². The van der Waals surface area contributed by atoms with Crippen LogP contribution in [0.5, 0.6) is 0 Å². The van der Waals surface area contributed by atoms with E-state index in [1.54, 1.807) is 0 Å². The third-order valence-corrected chi connectivity index (χ3v) is 21.9. The Bertz CT molecular complexity index is 366. The molecule has 0 aliphatic carbocycles. The Morgan fingerprint density at radius 3 is 1.42 bits per heavy atom. The molecule has 0 atom stereocenters. The molecule has 0 aromatic carbocycles. The molecule has 0 N–H and O–H groups in total. The van der Waals surface area contributed by atoms with Crippen molar-refractivity contribution < 1.29 is 4.43 Å². The van der Waals surface area contributed by atoms with Crippen LogP contribution in [0, 0.1) is 0 Å². The topological polar surface area (TPSA) is 12.5 Å². The summed E-state index contributed by atoms with van der Waals surface area (Å²) in [6.45, 7) is 30.9. The predicted molar refractivity (Wildman–Crippen MR) is 120 cm³/mol. The van der Waals surface area contributed by atoms with Crippen LogP contribution < -0.4 is 0 Å². The summed E-state index contributed by atoms with van der Waals surface area (Å²) in [6.07, 6.45) is 3.75. The smallest absolute Gasteiger partial charge is 0.146 e. The molecular formula is C19H47NOSi3. The second kappa shape index (κ2) is 8.07. The van der Waals surface area contributed by atoms with Crippen molar-refractivity contribution in [1.29, 1.82) is 0 Å².